The minimum Gasteiger partial charge on any atom is -0.491 e. The molecule has 1 aromatic heterocycles. The van der Waals surface area contributed by atoms with Gasteiger partial charge in [-0.3, -0.25) is 14.6 Å². The summed E-state index contributed by atoms with van der Waals surface area (Å²) in [6, 6.07) is 7.20. The van der Waals surface area contributed by atoms with Gasteiger partial charge in [0.2, 0.25) is 0 Å². The van der Waals surface area contributed by atoms with E-state index in [0.717, 1.165) is 12.2 Å². The van der Waals surface area contributed by atoms with Gasteiger partial charge in [0.25, 0.3) is 11.8 Å². The summed E-state index contributed by atoms with van der Waals surface area (Å²) in [5.41, 5.74) is 0.956. The molecular formula is C20H24N4O3. The fraction of sp³-hybridized carbons (Fsp3) is 0.400. The smallest absolute Gasteiger partial charge is 0.274 e. The van der Waals surface area contributed by atoms with Gasteiger partial charge >= 0.3 is 0 Å². The van der Waals surface area contributed by atoms with E-state index >= 15 is 0 Å². The molecule has 27 heavy (non-hydrogen) atoms. The summed E-state index contributed by atoms with van der Waals surface area (Å²) < 4.78 is 5.62. The first-order valence-corrected chi connectivity index (χ1v) is 9.16. The molecule has 1 aromatic carbocycles. The molecule has 0 spiro atoms. The maximum Gasteiger partial charge on any atom is 0.274 e. The van der Waals surface area contributed by atoms with Crippen molar-refractivity contribution in [3.8, 4) is 5.75 Å². The van der Waals surface area contributed by atoms with Gasteiger partial charge in [-0.1, -0.05) is 0 Å². The van der Waals surface area contributed by atoms with Crippen LogP contribution in [0.25, 0.3) is 0 Å². The van der Waals surface area contributed by atoms with Crippen LogP contribution < -0.4 is 4.74 Å². The van der Waals surface area contributed by atoms with Crippen molar-refractivity contribution < 1.29 is 14.3 Å². The Bertz CT molecular complexity index is 778. The van der Waals surface area contributed by atoms with Gasteiger partial charge in [0.15, 0.2) is 0 Å². The SMILES string of the molecule is CC(C)Oc1ccc(C(=O)N2CCCN(C(=O)c3cnccn3)CC2)cc1. The van der Waals surface area contributed by atoms with E-state index < -0.39 is 0 Å². The summed E-state index contributed by atoms with van der Waals surface area (Å²) in [5, 5.41) is 0. The van der Waals surface area contributed by atoms with E-state index in [1.54, 1.807) is 21.9 Å². The number of hydrogen-bond acceptors (Lipinski definition) is 5. The topological polar surface area (TPSA) is 75.6 Å². The lowest BCUT2D eigenvalue weighted by Gasteiger charge is -2.22. The molecule has 0 saturated carbocycles. The highest BCUT2D eigenvalue weighted by atomic mass is 16.5. The Kier molecular flexibility index (Phi) is 6.01. The third-order valence-corrected chi connectivity index (χ3v) is 4.33. The van der Waals surface area contributed by atoms with Gasteiger partial charge in [-0.2, -0.15) is 0 Å². The zero-order valence-corrected chi connectivity index (χ0v) is 15.7. The molecule has 7 nitrogen and oxygen atoms in total. The molecule has 1 aliphatic heterocycles. The quantitative estimate of drug-likeness (QED) is 0.827. The monoisotopic (exact) mass is 368 g/mol. The standard InChI is InChI=1S/C20H24N4O3/c1-15(2)27-17-6-4-16(5-7-17)19(25)23-10-3-11-24(13-12-23)20(26)18-14-21-8-9-22-18/h4-9,14-15H,3,10-13H2,1-2H3. The van der Waals surface area contributed by atoms with E-state index in [2.05, 4.69) is 9.97 Å². The zero-order chi connectivity index (χ0) is 19.2. The molecule has 0 radical (unpaired) electrons. The molecule has 0 aliphatic carbocycles. The third-order valence-electron chi connectivity index (χ3n) is 4.33. The Balaban J connectivity index is 1.62. The number of carbonyl (C=O) groups is 2. The van der Waals surface area contributed by atoms with Gasteiger partial charge in [-0.05, 0) is 44.5 Å². The molecule has 142 valence electrons. The van der Waals surface area contributed by atoms with Crippen LogP contribution in [0, 0.1) is 0 Å². The molecule has 0 unspecified atom stereocenters. The Labute approximate surface area is 159 Å². The summed E-state index contributed by atoms with van der Waals surface area (Å²) in [7, 11) is 0. The summed E-state index contributed by atoms with van der Waals surface area (Å²) >= 11 is 0. The first kappa shape index (κ1) is 18.8. The van der Waals surface area contributed by atoms with Crippen LogP contribution in [0.15, 0.2) is 42.9 Å². The van der Waals surface area contributed by atoms with Crippen molar-refractivity contribution in [1.29, 1.82) is 0 Å². The van der Waals surface area contributed by atoms with E-state index in [4.69, 9.17) is 4.74 Å². The van der Waals surface area contributed by atoms with Gasteiger partial charge in [-0.25, -0.2) is 4.98 Å². The average Bonchev–Trinajstić information content (AvgIpc) is 2.94. The Morgan fingerprint density at radius 2 is 1.63 bits per heavy atom. The van der Waals surface area contributed by atoms with Gasteiger partial charge in [0.1, 0.15) is 11.4 Å². The number of nitrogens with zero attached hydrogens (tertiary/aromatic N) is 4. The van der Waals surface area contributed by atoms with Crippen LogP contribution in [-0.4, -0.2) is 63.9 Å². The number of rotatable bonds is 4. The minimum atomic E-state index is -0.146. The van der Waals surface area contributed by atoms with E-state index in [9.17, 15) is 9.59 Å². The molecule has 7 heteroatoms. The number of ether oxygens (including phenoxy) is 1. The highest BCUT2D eigenvalue weighted by molar-refractivity contribution is 5.95. The van der Waals surface area contributed by atoms with Crippen molar-refractivity contribution in [2.24, 2.45) is 0 Å². The van der Waals surface area contributed by atoms with Crippen molar-refractivity contribution in [3.63, 3.8) is 0 Å². The molecule has 0 bridgehead atoms. The predicted octanol–water partition coefficient (Wildman–Crippen LogP) is 2.25. The first-order valence-electron chi connectivity index (χ1n) is 9.16. The number of hydrogen-bond donors (Lipinski definition) is 0. The second kappa shape index (κ2) is 8.62. The van der Waals surface area contributed by atoms with E-state index in [-0.39, 0.29) is 17.9 Å². The van der Waals surface area contributed by atoms with Crippen LogP contribution in [0.3, 0.4) is 0 Å². The van der Waals surface area contributed by atoms with Crippen LogP contribution in [0.1, 0.15) is 41.1 Å². The Morgan fingerprint density at radius 3 is 2.22 bits per heavy atom. The van der Waals surface area contributed by atoms with Gasteiger partial charge in [0.05, 0.1) is 12.3 Å². The van der Waals surface area contributed by atoms with E-state index in [1.807, 2.05) is 26.0 Å². The van der Waals surface area contributed by atoms with Crippen LogP contribution in [0.5, 0.6) is 5.75 Å². The molecule has 1 aliphatic rings. The highest BCUT2D eigenvalue weighted by Gasteiger charge is 2.24. The lowest BCUT2D eigenvalue weighted by Crippen LogP contribution is -2.37. The van der Waals surface area contributed by atoms with Crippen molar-refractivity contribution in [2.75, 3.05) is 26.2 Å². The van der Waals surface area contributed by atoms with Crippen molar-refractivity contribution in [3.05, 3.63) is 54.1 Å². The number of benzene rings is 1. The summed E-state index contributed by atoms with van der Waals surface area (Å²) in [6.07, 6.45) is 5.34. The first-order chi connectivity index (χ1) is 13.0. The van der Waals surface area contributed by atoms with Crippen LogP contribution in [0.4, 0.5) is 0 Å². The van der Waals surface area contributed by atoms with Gasteiger partial charge < -0.3 is 14.5 Å². The van der Waals surface area contributed by atoms with Crippen LogP contribution >= 0.6 is 0 Å². The molecule has 3 rings (SSSR count). The van der Waals surface area contributed by atoms with Crippen LogP contribution in [0.2, 0.25) is 0 Å². The van der Waals surface area contributed by atoms with Crippen molar-refractivity contribution in [1.82, 2.24) is 19.8 Å². The fourth-order valence-electron chi connectivity index (χ4n) is 3.03. The number of aromatic nitrogens is 2. The lowest BCUT2D eigenvalue weighted by atomic mass is 10.2. The van der Waals surface area contributed by atoms with Crippen molar-refractivity contribution >= 4 is 11.8 Å². The summed E-state index contributed by atoms with van der Waals surface area (Å²) in [5.74, 6) is 0.575. The highest BCUT2D eigenvalue weighted by Crippen LogP contribution is 2.16. The average molecular weight is 368 g/mol. The Morgan fingerprint density at radius 1 is 0.963 bits per heavy atom. The fourth-order valence-corrected chi connectivity index (χ4v) is 3.03. The number of amides is 2. The molecule has 0 N–H and O–H groups in total. The summed E-state index contributed by atoms with van der Waals surface area (Å²) in [6.45, 7) is 6.12. The molecule has 1 fully saturated rings. The number of carbonyl (C=O) groups excluding carboxylic acids is 2. The molecule has 0 atom stereocenters. The maximum atomic E-state index is 12.8. The van der Waals surface area contributed by atoms with Crippen LogP contribution in [-0.2, 0) is 0 Å². The zero-order valence-electron chi connectivity index (χ0n) is 15.7. The third kappa shape index (κ3) is 4.81. The Hall–Kier alpha value is -2.96. The second-order valence-corrected chi connectivity index (χ2v) is 6.72. The van der Waals surface area contributed by atoms with Crippen molar-refractivity contribution in [2.45, 2.75) is 26.4 Å². The minimum absolute atomic E-state index is 0.0279. The van der Waals surface area contributed by atoms with Gasteiger partial charge in [-0.15, -0.1) is 0 Å². The molecule has 2 aromatic rings. The van der Waals surface area contributed by atoms with E-state index in [0.29, 0.717) is 37.4 Å². The largest absolute Gasteiger partial charge is 0.491 e. The lowest BCUT2D eigenvalue weighted by molar-refractivity contribution is 0.0715. The molecule has 2 heterocycles. The molecule has 2 amide bonds. The normalized spacial score (nSPS) is 14.8. The molecular weight excluding hydrogens is 344 g/mol. The predicted molar refractivity (Wildman–Crippen MR) is 101 cm³/mol. The molecule has 1 saturated heterocycles. The maximum absolute atomic E-state index is 12.8. The second-order valence-electron chi connectivity index (χ2n) is 6.72. The van der Waals surface area contributed by atoms with Gasteiger partial charge in [0, 0.05) is 44.1 Å². The summed E-state index contributed by atoms with van der Waals surface area (Å²) in [4.78, 5) is 36.9. The van der Waals surface area contributed by atoms with E-state index in [1.165, 1.54) is 18.6 Å².